The van der Waals surface area contributed by atoms with Crippen molar-refractivity contribution in [2.45, 2.75) is 4.90 Å². The van der Waals surface area contributed by atoms with Gasteiger partial charge in [-0.05, 0) is 54.6 Å². The van der Waals surface area contributed by atoms with Crippen molar-refractivity contribution in [2.75, 3.05) is 10.0 Å². The Balaban J connectivity index is 1.84. The quantitative estimate of drug-likeness (QED) is 0.687. The Bertz CT molecular complexity index is 1170. The molecule has 8 heteroatoms. The van der Waals surface area contributed by atoms with Crippen molar-refractivity contribution in [1.82, 2.24) is 0 Å². The number of hydrogen-bond donors (Lipinski definition) is 2. The molecule has 3 aromatic rings. The van der Waals surface area contributed by atoms with Crippen LogP contribution in [0.3, 0.4) is 0 Å². The smallest absolute Gasteiger partial charge is 0.261 e. The first-order valence-electron chi connectivity index (χ1n) is 8.08. The third kappa shape index (κ3) is 4.34. The molecule has 0 unspecified atom stereocenters. The number of nitriles is 1. The molecule has 0 radical (unpaired) electrons. The molecular formula is C20H14FN3O3S. The molecule has 3 rings (SSSR count). The summed E-state index contributed by atoms with van der Waals surface area (Å²) in [5.41, 5.74) is 0.916. The van der Waals surface area contributed by atoms with Crippen molar-refractivity contribution in [3.05, 3.63) is 89.7 Å². The second kappa shape index (κ2) is 7.90. The van der Waals surface area contributed by atoms with Crippen molar-refractivity contribution in [3.8, 4) is 6.07 Å². The summed E-state index contributed by atoms with van der Waals surface area (Å²) in [6, 6.07) is 18.8. The van der Waals surface area contributed by atoms with Gasteiger partial charge in [0.15, 0.2) is 0 Å². The first kappa shape index (κ1) is 19.1. The number of amides is 1. The van der Waals surface area contributed by atoms with Gasteiger partial charge < -0.3 is 5.32 Å². The van der Waals surface area contributed by atoms with Gasteiger partial charge in [-0.25, -0.2) is 12.8 Å². The Morgan fingerprint density at radius 2 is 1.68 bits per heavy atom. The van der Waals surface area contributed by atoms with Crippen LogP contribution in [0.5, 0.6) is 0 Å². The highest BCUT2D eigenvalue weighted by Crippen LogP contribution is 2.19. The van der Waals surface area contributed by atoms with E-state index in [-0.39, 0.29) is 21.7 Å². The molecule has 0 atom stereocenters. The van der Waals surface area contributed by atoms with E-state index in [1.54, 1.807) is 24.3 Å². The highest BCUT2D eigenvalue weighted by Gasteiger charge is 2.17. The second-order valence-electron chi connectivity index (χ2n) is 5.75. The lowest BCUT2D eigenvalue weighted by Crippen LogP contribution is -2.16. The molecule has 0 bridgehead atoms. The molecule has 0 aliphatic carbocycles. The van der Waals surface area contributed by atoms with E-state index in [1.807, 2.05) is 6.07 Å². The minimum absolute atomic E-state index is 0.106. The standard InChI is InChI=1S/C20H14FN3O3S/c21-16-8-10-17(11-9-16)24-28(26,27)18-6-3-5-14(12-18)20(25)23-19-7-2-1-4-15(19)13-22/h1-12,24H,(H,23,25). The molecule has 0 aliphatic rings. The normalized spacial score (nSPS) is 10.7. The Labute approximate surface area is 161 Å². The van der Waals surface area contributed by atoms with Gasteiger partial charge in [0.1, 0.15) is 11.9 Å². The molecule has 0 saturated heterocycles. The van der Waals surface area contributed by atoms with E-state index in [0.29, 0.717) is 5.69 Å². The number of nitrogens with zero attached hydrogens (tertiary/aromatic N) is 1. The molecule has 0 heterocycles. The summed E-state index contributed by atoms with van der Waals surface area (Å²) in [4.78, 5) is 12.4. The Kier molecular flexibility index (Phi) is 5.38. The summed E-state index contributed by atoms with van der Waals surface area (Å²) < 4.78 is 40.4. The fourth-order valence-corrected chi connectivity index (χ4v) is 3.52. The summed E-state index contributed by atoms with van der Waals surface area (Å²) in [5.74, 6) is -1.04. The van der Waals surface area contributed by atoms with Crippen LogP contribution in [-0.4, -0.2) is 14.3 Å². The fraction of sp³-hybridized carbons (Fsp3) is 0. The number of benzene rings is 3. The molecule has 0 aromatic heterocycles. The lowest BCUT2D eigenvalue weighted by Gasteiger charge is -2.10. The number of nitrogens with one attached hydrogen (secondary N) is 2. The minimum atomic E-state index is -3.97. The van der Waals surface area contributed by atoms with Crippen molar-refractivity contribution < 1.29 is 17.6 Å². The number of carbonyl (C=O) groups excluding carboxylic acids is 1. The van der Waals surface area contributed by atoms with Gasteiger partial charge in [0.2, 0.25) is 0 Å². The molecule has 0 fully saturated rings. The Morgan fingerprint density at radius 1 is 0.964 bits per heavy atom. The third-order valence-electron chi connectivity index (χ3n) is 3.80. The maximum Gasteiger partial charge on any atom is 0.261 e. The van der Waals surface area contributed by atoms with Gasteiger partial charge in [-0.15, -0.1) is 0 Å². The number of halogens is 1. The zero-order chi connectivity index (χ0) is 20.1. The maximum absolute atomic E-state index is 13.0. The minimum Gasteiger partial charge on any atom is -0.321 e. The predicted molar refractivity (Wildman–Crippen MR) is 103 cm³/mol. The van der Waals surface area contributed by atoms with E-state index in [9.17, 15) is 17.6 Å². The largest absolute Gasteiger partial charge is 0.321 e. The van der Waals surface area contributed by atoms with Gasteiger partial charge in [-0.1, -0.05) is 18.2 Å². The van der Waals surface area contributed by atoms with Crippen LogP contribution in [0.25, 0.3) is 0 Å². The summed E-state index contributed by atoms with van der Waals surface area (Å²) >= 11 is 0. The lowest BCUT2D eigenvalue weighted by atomic mass is 10.1. The van der Waals surface area contributed by atoms with Gasteiger partial charge >= 0.3 is 0 Å². The van der Waals surface area contributed by atoms with Crippen LogP contribution in [-0.2, 0) is 10.0 Å². The van der Waals surface area contributed by atoms with Gasteiger partial charge in [0, 0.05) is 11.3 Å². The lowest BCUT2D eigenvalue weighted by molar-refractivity contribution is 0.102. The maximum atomic E-state index is 13.0. The van der Waals surface area contributed by atoms with Crippen molar-refractivity contribution >= 4 is 27.3 Å². The molecule has 140 valence electrons. The highest BCUT2D eigenvalue weighted by atomic mass is 32.2. The SMILES string of the molecule is N#Cc1ccccc1NC(=O)c1cccc(S(=O)(=O)Nc2ccc(F)cc2)c1. The van der Waals surface area contributed by atoms with E-state index in [0.717, 1.165) is 12.1 Å². The number of rotatable bonds is 5. The van der Waals surface area contributed by atoms with Gasteiger partial charge in [0.05, 0.1) is 16.1 Å². The van der Waals surface area contributed by atoms with Crippen LogP contribution in [0.2, 0.25) is 0 Å². The molecule has 0 spiro atoms. The summed E-state index contributed by atoms with van der Waals surface area (Å²) in [7, 11) is -3.97. The number of carbonyl (C=O) groups is 1. The number of anilines is 2. The van der Waals surface area contributed by atoms with Crippen LogP contribution in [0.15, 0.2) is 77.7 Å². The monoisotopic (exact) mass is 395 g/mol. The number of para-hydroxylation sites is 1. The molecule has 28 heavy (non-hydrogen) atoms. The van der Waals surface area contributed by atoms with Crippen molar-refractivity contribution in [1.29, 1.82) is 5.26 Å². The molecule has 1 amide bonds. The van der Waals surface area contributed by atoms with E-state index < -0.39 is 21.7 Å². The molecule has 0 aliphatic heterocycles. The summed E-state index contributed by atoms with van der Waals surface area (Å²) in [6.07, 6.45) is 0. The van der Waals surface area contributed by atoms with Gasteiger partial charge in [-0.2, -0.15) is 5.26 Å². The average Bonchev–Trinajstić information content (AvgIpc) is 2.70. The van der Waals surface area contributed by atoms with Crippen molar-refractivity contribution in [2.24, 2.45) is 0 Å². The Morgan fingerprint density at radius 3 is 2.39 bits per heavy atom. The van der Waals surface area contributed by atoms with E-state index in [1.165, 1.54) is 36.4 Å². The Hall–Kier alpha value is -3.70. The zero-order valence-corrected chi connectivity index (χ0v) is 15.2. The van der Waals surface area contributed by atoms with Crippen LogP contribution in [0, 0.1) is 17.1 Å². The number of hydrogen-bond acceptors (Lipinski definition) is 4. The van der Waals surface area contributed by atoms with Crippen molar-refractivity contribution in [3.63, 3.8) is 0 Å². The average molecular weight is 395 g/mol. The molecule has 3 aromatic carbocycles. The van der Waals surface area contributed by atoms with Crippen LogP contribution in [0.1, 0.15) is 15.9 Å². The number of sulfonamides is 1. The molecule has 0 saturated carbocycles. The highest BCUT2D eigenvalue weighted by molar-refractivity contribution is 7.92. The van der Waals surface area contributed by atoms with Gasteiger partial charge in [0.25, 0.3) is 15.9 Å². The summed E-state index contributed by atoms with van der Waals surface area (Å²) in [5, 5.41) is 11.7. The van der Waals surface area contributed by atoms with Crippen LogP contribution >= 0.6 is 0 Å². The molecule has 2 N–H and O–H groups in total. The van der Waals surface area contributed by atoms with Crippen LogP contribution in [0.4, 0.5) is 15.8 Å². The molecule has 6 nitrogen and oxygen atoms in total. The zero-order valence-electron chi connectivity index (χ0n) is 14.4. The summed E-state index contributed by atoms with van der Waals surface area (Å²) in [6.45, 7) is 0. The van der Waals surface area contributed by atoms with Gasteiger partial charge in [-0.3, -0.25) is 9.52 Å². The van der Waals surface area contributed by atoms with E-state index in [4.69, 9.17) is 5.26 Å². The topological polar surface area (TPSA) is 99.1 Å². The molecular weight excluding hydrogens is 381 g/mol. The second-order valence-corrected chi connectivity index (χ2v) is 7.43. The first-order valence-corrected chi connectivity index (χ1v) is 9.56. The first-order chi connectivity index (χ1) is 13.4. The van der Waals surface area contributed by atoms with E-state index >= 15 is 0 Å². The van der Waals surface area contributed by atoms with E-state index in [2.05, 4.69) is 10.0 Å². The fourth-order valence-electron chi connectivity index (χ4n) is 2.42. The van der Waals surface area contributed by atoms with Crippen LogP contribution < -0.4 is 10.0 Å². The predicted octanol–water partition coefficient (Wildman–Crippen LogP) is 3.75. The third-order valence-corrected chi connectivity index (χ3v) is 5.18.